The zero-order valence-corrected chi connectivity index (χ0v) is 15.1. The third-order valence-corrected chi connectivity index (χ3v) is 5.66. The molecule has 0 amide bonds. The van der Waals surface area contributed by atoms with Crippen LogP contribution < -0.4 is 16.7 Å². The molecule has 0 fully saturated rings. The van der Waals surface area contributed by atoms with Crippen molar-refractivity contribution in [1.29, 1.82) is 0 Å². The molecule has 4 rings (SSSR count). The van der Waals surface area contributed by atoms with Crippen LogP contribution in [0.4, 0.5) is 0 Å². The van der Waals surface area contributed by atoms with E-state index < -0.39 is 5.41 Å². The Labute approximate surface area is 156 Å². The van der Waals surface area contributed by atoms with Gasteiger partial charge in [-0.15, -0.1) is 5.11 Å². The average Bonchev–Trinajstić information content (AvgIpc) is 3.10. The first-order valence-electron chi connectivity index (χ1n) is 8.33. The van der Waals surface area contributed by atoms with Gasteiger partial charge in [0.15, 0.2) is 6.17 Å². The van der Waals surface area contributed by atoms with Crippen molar-refractivity contribution in [3.8, 4) is 0 Å². The molecule has 1 heterocycles. The first kappa shape index (κ1) is 16.8. The Morgan fingerprint density at radius 2 is 1.64 bits per heavy atom. The third kappa shape index (κ3) is 2.72. The molecule has 0 bridgehead atoms. The van der Waals surface area contributed by atoms with Gasteiger partial charge < -0.3 is 5.73 Å². The van der Waals surface area contributed by atoms with E-state index in [2.05, 4.69) is 45.6 Å². The highest BCUT2D eigenvalue weighted by Crippen LogP contribution is 2.46. The molecule has 25 heavy (non-hydrogen) atoms. The lowest BCUT2D eigenvalue weighted by atomic mass is 9.68. The van der Waals surface area contributed by atoms with Crippen LogP contribution in [-0.2, 0) is 18.3 Å². The van der Waals surface area contributed by atoms with E-state index in [-0.39, 0.29) is 6.17 Å². The second-order valence-corrected chi connectivity index (χ2v) is 7.36. The molecule has 4 N–H and O–H groups in total. The van der Waals surface area contributed by atoms with Gasteiger partial charge in [-0.1, -0.05) is 40.6 Å². The molecule has 0 radical (unpaired) electrons. The third-order valence-electron chi connectivity index (χ3n) is 5.19. The molecule has 1 atom stereocenters. The Morgan fingerprint density at radius 3 is 2.12 bits per heavy atom. The van der Waals surface area contributed by atoms with E-state index >= 15 is 0 Å². The molecule has 2 aliphatic rings. The van der Waals surface area contributed by atoms with Crippen molar-refractivity contribution in [3.63, 3.8) is 0 Å². The quantitative estimate of drug-likeness (QED) is 0.767. The van der Waals surface area contributed by atoms with E-state index in [1.54, 1.807) is 0 Å². The fourth-order valence-electron chi connectivity index (χ4n) is 4.18. The number of benzene rings is 2. The summed E-state index contributed by atoms with van der Waals surface area (Å²) in [7, 11) is 0. The Kier molecular flexibility index (Phi) is 4.41. The lowest BCUT2D eigenvalue weighted by Crippen LogP contribution is -2.50. The van der Waals surface area contributed by atoms with E-state index in [4.69, 9.17) is 28.9 Å². The van der Waals surface area contributed by atoms with E-state index in [1.165, 1.54) is 22.3 Å². The van der Waals surface area contributed by atoms with Crippen molar-refractivity contribution in [2.75, 3.05) is 6.54 Å². The summed E-state index contributed by atoms with van der Waals surface area (Å²) < 4.78 is 0. The summed E-state index contributed by atoms with van der Waals surface area (Å²) >= 11 is 12.6. The summed E-state index contributed by atoms with van der Waals surface area (Å²) in [5, 5.41) is 9.84. The van der Waals surface area contributed by atoms with Gasteiger partial charge in [0.2, 0.25) is 0 Å². The number of nitrogens with two attached hydrogens (primary N) is 1. The van der Waals surface area contributed by atoms with E-state index in [1.807, 2.05) is 12.1 Å². The lowest BCUT2D eigenvalue weighted by molar-refractivity contribution is 0.338. The van der Waals surface area contributed by atoms with Gasteiger partial charge in [0.25, 0.3) is 0 Å². The summed E-state index contributed by atoms with van der Waals surface area (Å²) in [6.45, 7) is 0.526. The SMILES string of the molecule is NCCC1(C2N=NNN2)c2ccc(Cl)cc2CCc2cc(Cl)ccc21. The largest absolute Gasteiger partial charge is 0.330 e. The van der Waals surface area contributed by atoms with Gasteiger partial charge in [-0.25, -0.2) is 5.53 Å². The molecule has 2 aromatic carbocycles. The van der Waals surface area contributed by atoms with Crippen molar-refractivity contribution in [2.45, 2.75) is 30.8 Å². The Balaban J connectivity index is 2.03. The molecule has 1 aliphatic heterocycles. The number of aryl methyl sites for hydroxylation is 2. The number of hydrogen-bond acceptors (Lipinski definition) is 5. The first-order chi connectivity index (χ1) is 12.1. The summed E-state index contributed by atoms with van der Waals surface area (Å²) in [5.41, 5.74) is 16.4. The zero-order chi connectivity index (χ0) is 17.4. The molecule has 0 saturated heterocycles. The summed E-state index contributed by atoms with van der Waals surface area (Å²) in [5.74, 6) is 0. The predicted octanol–water partition coefficient (Wildman–Crippen LogP) is 3.53. The van der Waals surface area contributed by atoms with Crippen LogP contribution in [0.25, 0.3) is 0 Å². The van der Waals surface area contributed by atoms with E-state index in [0.29, 0.717) is 6.54 Å². The summed E-state index contributed by atoms with van der Waals surface area (Å²) in [6, 6.07) is 12.2. The number of nitrogens with zero attached hydrogens (tertiary/aromatic N) is 2. The minimum absolute atomic E-state index is 0.256. The summed E-state index contributed by atoms with van der Waals surface area (Å²) in [6.07, 6.45) is 2.27. The van der Waals surface area contributed by atoms with Crippen molar-refractivity contribution in [2.24, 2.45) is 16.1 Å². The highest BCUT2D eigenvalue weighted by atomic mass is 35.5. The number of halogens is 2. The fraction of sp³-hybridized carbons (Fsp3) is 0.333. The molecule has 1 aliphatic carbocycles. The van der Waals surface area contributed by atoms with Crippen LogP contribution in [-0.4, -0.2) is 12.7 Å². The molecule has 1 unspecified atom stereocenters. The van der Waals surface area contributed by atoms with Gasteiger partial charge in [-0.2, -0.15) is 5.43 Å². The van der Waals surface area contributed by atoms with Crippen molar-refractivity contribution in [1.82, 2.24) is 11.0 Å². The van der Waals surface area contributed by atoms with Crippen LogP contribution in [0.3, 0.4) is 0 Å². The van der Waals surface area contributed by atoms with E-state index in [0.717, 1.165) is 29.3 Å². The molecule has 0 saturated carbocycles. The lowest BCUT2D eigenvalue weighted by Gasteiger charge is -2.39. The smallest absolute Gasteiger partial charge is 0.154 e. The fourth-order valence-corrected chi connectivity index (χ4v) is 4.57. The highest BCUT2D eigenvalue weighted by molar-refractivity contribution is 6.31. The molecule has 7 heteroatoms. The first-order valence-corrected chi connectivity index (χ1v) is 9.09. The minimum atomic E-state index is -0.432. The van der Waals surface area contributed by atoms with Crippen LogP contribution in [0, 0.1) is 0 Å². The maximum Gasteiger partial charge on any atom is 0.154 e. The number of rotatable bonds is 3. The maximum absolute atomic E-state index is 6.28. The van der Waals surface area contributed by atoms with E-state index in [9.17, 15) is 0 Å². The second kappa shape index (κ2) is 6.57. The van der Waals surface area contributed by atoms with Gasteiger partial charge in [0.05, 0.1) is 5.41 Å². The van der Waals surface area contributed by atoms with Crippen molar-refractivity contribution >= 4 is 23.2 Å². The topological polar surface area (TPSA) is 74.8 Å². The van der Waals surface area contributed by atoms with Crippen molar-refractivity contribution < 1.29 is 0 Å². The molecule has 130 valence electrons. The molecule has 2 aromatic rings. The van der Waals surface area contributed by atoms with Gasteiger partial charge in [-0.05, 0) is 72.3 Å². The van der Waals surface area contributed by atoms with Crippen LogP contribution in [0.1, 0.15) is 28.7 Å². The average molecular weight is 376 g/mol. The second-order valence-electron chi connectivity index (χ2n) is 6.49. The summed E-state index contributed by atoms with van der Waals surface area (Å²) in [4.78, 5) is 0. The molecule has 0 spiro atoms. The van der Waals surface area contributed by atoms with Crippen LogP contribution in [0.15, 0.2) is 46.7 Å². The zero-order valence-electron chi connectivity index (χ0n) is 13.6. The Morgan fingerprint density at radius 1 is 1.04 bits per heavy atom. The van der Waals surface area contributed by atoms with Gasteiger partial charge >= 0.3 is 0 Å². The number of nitrogens with one attached hydrogen (secondary N) is 2. The number of hydrazine groups is 1. The number of fused-ring (bicyclic) bond motifs is 2. The minimum Gasteiger partial charge on any atom is -0.330 e. The monoisotopic (exact) mass is 375 g/mol. The van der Waals surface area contributed by atoms with Crippen LogP contribution in [0.2, 0.25) is 10.0 Å². The normalized spacial score (nSPS) is 20.5. The Hall–Kier alpha value is -1.66. The molecular weight excluding hydrogens is 357 g/mol. The predicted molar refractivity (Wildman–Crippen MR) is 99.7 cm³/mol. The highest BCUT2D eigenvalue weighted by Gasteiger charge is 2.47. The molecule has 5 nitrogen and oxygen atoms in total. The van der Waals surface area contributed by atoms with Crippen LogP contribution in [0.5, 0.6) is 0 Å². The van der Waals surface area contributed by atoms with Crippen LogP contribution >= 0.6 is 23.2 Å². The standard InChI is InChI=1S/C18H19Cl2N5/c19-13-3-5-15-11(9-13)1-2-12-10-14(20)4-6-16(12)18(15,7-8-21)17-22-24-25-23-17/h3-6,9-10,17H,1-2,7-8,21H2,(H,22,25)(H,23,24). The molecule has 0 aromatic heterocycles. The molecular formula is C18H19Cl2N5. The van der Waals surface area contributed by atoms with Gasteiger partial charge in [0.1, 0.15) is 0 Å². The Bertz CT molecular complexity index is 783. The van der Waals surface area contributed by atoms with Gasteiger partial charge in [-0.3, -0.25) is 0 Å². The van der Waals surface area contributed by atoms with Gasteiger partial charge in [0, 0.05) is 10.0 Å². The maximum atomic E-state index is 6.28. The number of hydrogen-bond donors (Lipinski definition) is 3. The van der Waals surface area contributed by atoms with Crippen molar-refractivity contribution in [3.05, 3.63) is 68.7 Å².